The molecule has 0 aliphatic carbocycles. The minimum absolute atomic E-state index is 0.749. The van der Waals surface area contributed by atoms with Crippen molar-refractivity contribution in [3.8, 4) is 0 Å². The van der Waals surface area contributed by atoms with E-state index in [-0.39, 0.29) is 0 Å². The van der Waals surface area contributed by atoms with Crippen LogP contribution < -0.4 is 5.32 Å². The van der Waals surface area contributed by atoms with Gasteiger partial charge in [-0.3, -0.25) is 0 Å². The molecule has 0 radical (unpaired) electrons. The van der Waals surface area contributed by atoms with Crippen LogP contribution in [0.1, 0.15) is 47.0 Å². The van der Waals surface area contributed by atoms with Crippen LogP contribution in [0.25, 0.3) is 0 Å². The molecule has 0 spiro atoms. The summed E-state index contributed by atoms with van der Waals surface area (Å²) >= 11 is 0. The fourth-order valence-electron chi connectivity index (χ4n) is 2.52. The van der Waals surface area contributed by atoms with Crippen LogP contribution in [0.5, 0.6) is 0 Å². The lowest BCUT2D eigenvalue weighted by Crippen LogP contribution is -2.39. The summed E-state index contributed by atoms with van der Waals surface area (Å²) in [7, 11) is 0. The van der Waals surface area contributed by atoms with Crippen LogP contribution in [-0.2, 0) is 0 Å². The summed E-state index contributed by atoms with van der Waals surface area (Å²) in [5.41, 5.74) is 0. The molecule has 96 valence electrons. The van der Waals surface area contributed by atoms with E-state index < -0.39 is 0 Å². The van der Waals surface area contributed by atoms with E-state index in [1.54, 1.807) is 0 Å². The second-order valence-electron chi connectivity index (χ2n) is 5.50. The van der Waals surface area contributed by atoms with Gasteiger partial charge in [-0.25, -0.2) is 0 Å². The second-order valence-corrected chi connectivity index (χ2v) is 5.50. The molecule has 1 aliphatic rings. The molecule has 2 heteroatoms. The van der Waals surface area contributed by atoms with Gasteiger partial charge < -0.3 is 10.2 Å². The molecule has 1 N–H and O–H groups in total. The molecule has 2 nitrogen and oxygen atoms in total. The van der Waals surface area contributed by atoms with Crippen molar-refractivity contribution < 1.29 is 0 Å². The molecule has 1 aliphatic heterocycles. The largest absolute Gasteiger partial charge is 0.316 e. The van der Waals surface area contributed by atoms with Crippen LogP contribution in [-0.4, -0.2) is 37.1 Å². The number of rotatable bonds is 7. The van der Waals surface area contributed by atoms with Crippen molar-refractivity contribution >= 4 is 0 Å². The molecule has 0 bridgehead atoms. The number of hydrogen-bond acceptors (Lipinski definition) is 2. The number of hydrogen-bond donors (Lipinski definition) is 1. The van der Waals surface area contributed by atoms with Crippen LogP contribution >= 0.6 is 0 Å². The Labute approximate surface area is 102 Å². The lowest BCUT2D eigenvalue weighted by molar-refractivity contribution is 0.162. The van der Waals surface area contributed by atoms with Gasteiger partial charge in [0.15, 0.2) is 0 Å². The molecular formula is C14H30N2. The highest BCUT2D eigenvalue weighted by Crippen LogP contribution is 2.19. The zero-order valence-electron chi connectivity index (χ0n) is 11.6. The number of nitrogens with one attached hydrogen (secondary N) is 1. The normalized spacial score (nSPS) is 27.6. The van der Waals surface area contributed by atoms with Gasteiger partial charge in [-0.1, -0.05) is 27.2 Å². The fraction of sp³-hybridized carbons (Fsp3) is 1.00. The second kappa shape index (κ2) is 7.29. The van der Waals surface area contributed by atoms with Crippen molar-refractivity contribution in [2.75, 3.05) is 26.2 Å². The highest BCUT2D eigenvalue weighted by atomic mass is 15.2. The first-order chi connectivity index (χ1) is 7.69. The van der Waals surface area contributed by atoms with Gasteiger partial charge in [-0.05, 0) is 51.2 Å². The topological polar surface area (TPSA) is 15.3 Å². The average molecular weight is 226 g/mol. The maximum Gasteiger partial charge on any atom is 0.00644 e. The Morgan fingerprint density at radius 1 is 1.31 bits per heavy atom. The zero-order valence-corrected chi connectivity index (χ0v) is 11.6. The van der Waals surface area contributed by atoms with Gasteiger partial charge in [0, 0.05) is 12.6 Å². The molecule has 1 rings (SSSR count). The Balaban J connectivity index is 2.41. The Kier molecular flexibility index (Phi) is 6.37. The molecule has 0 aromatic heterocycles. The predicted molar refractivity (Wildman–Crippen MR) is 71.8 cm³/mol. The molecule has 1 fully saturated rings. The summed E-state index contributed by atoms with van der Waals surface area (Å²) in [6.45, 7) is 14.4. The Morgan fingerprint density at radius 2 is 2.06 bits per heavy atom. The predicted octanol–water partition coefficient (Wildman–Crippen LogP) is 2.74. The third kappa shape index (κ3) is 4.06. The molecule has 3 unspecified atom stereocenters. The van der Waals surface area contributed by atoms with E-state index in [1.807, 2.05) is 0 Å². The lowest BCUT2D eigenvalue weighted by atomic mass is 9.96. The van der Waals surface area contributed by atoms with Crippen molar-refractivity contribution in [2.24, 2.45) is 11.8 Å². The van der Waals surface area contributed by atoms with E-state index in [1.165, 1.54) is 45.4 Å². The van der Waals surface area contributed by atoms with Crippen molar-refractivity contribution in [1.82, 2.24) is 10.2 Å². The first-order valence-corrected chi connectivity index (χ1v) is 7.13. The summed E-state index contributed by atoms with van der Waals surface area (Å²) in [6.07, 6.45) is 3.93. The molecule has 1 heterocycles. The van der Waals surface area contributed by atoms with E-state index in [2.05, 4.69) is 37.9 Å². The maximum absolute atomic E-state index is 3.51. The summed E-state index contributed by atoms with van der Waals surface area (Å²) in [4.78, 5) is 2.71. The standard InChI is InChI=1S/C14H30N2/c1-5-7-8-16(13(4)6-2)11-14-10-15-9-12(14)3/h12-15H,5-11H2,1-4H3. The smallest absolute Gasteiger partial charge is 0.00644 e. The quantitative estimate of drug-likeness (QED) is 0.718. The number of unbranched alkanes of at least 4 members (excludes halogenated alkanes) is 1. The van der Waals surface area contributed by atoms with Crippen molar-refractivity contribution in [3.05, 3.63) is 0 Å². The third-order valence-electron chi connectivity index (χ3n) is 4.16. The van der Waals surface area contributed by atoms with E-state index in [9.17, 15) is 0 Å². The Morgan fingerprint density at radius 3 is 2.56 bits per heavy atom. The van der Waals surface area contributed by atoms with Crippen LogP contribution in [0.2, 0.25) is 0 Å². The summed E-state index contributed by atoms with van der Waals surface area (Å²) in [5.74, 6) is 1.72. The van der Waals surface area contributed by atoms with Gasteiger partial charge >= 0.3 is 0 Å². The molecule has 0 aromatic rings. The van der Waals surface area contributed by atoms with E-state index >= 15 is 0 Å². The highest BCUT2D eigenvalue weighted by molar-refractivity contribution is 4.82. The third-order valence-corrected chi connectivity index (χ3v) is 4.16. The number of nitrogens with zero attached hydrogens (tertiary/aromatic N) is 1. The van der Waals surface area contributed by atoms with Gasteiger partial charge in [0.05, 0.1) is 0 Å². The van der Waals surface area contributed by atoms with Crippen molar-refractivity contribution in [2.45, 2.75) is 53.0 Å². The molecule has 1 saturated heterocycles. The molecule has 0 saturated carbocycles. The highest BCUT2D eigenvalue weighted by Gasteiger charge is 2.26. The van der Waals surface area contributed by atoms with Gasteiger partial charge in [0.1, 0.15) is 0 Å². The molecule has 0 aromatic carbocycles. The minimum atomic E-state index is 0.749. The Hall–Kier alpha value is -0.0800. The summed E-state index contributed by atoms with van der Waals surface area (Å²) in [5, 5.41) is 3.51. The Bertz CT molecular complexity index is 182. The van der Waals surface area contributed by atoms with Crippen molar-refractivity contribution in [1.29, 1.82) is 0 Å². The van der Waals surface area contributed by atoms with E-state index in [4.69, 9.17) is 0 Å². The molecule has 0 amide bonds. The minimum Gasteiger partial charge on any atom is -0.316 e. The van der Waals surface area contributed by atoms with E-state index in [0.717, 1.165) is 17.9 Å². The van der Waals surface area contributed by atoms with Gasteiger partial charge in [-0.15, -0.1) is 0 Å². The lowest BCUT2D eigenvalue weighted by Gasteiger charge is -2.31. The average Bonchev–Trinajstić information content (AvgIpc) is 2.69. The SMILES string of the molecule is CCCCN(CC1CNCC1C)C(C)CC. The maximum atomic E-state index is 3.51. The molecular weight excluding hydrogens is 196 g/mol. The van der Waals surface area contributed by atoms with Crippen LogP contribution in [0.3, 0.4) is 0 Å². The summed E-state index contributed by atoms with van der Waals surface area (Å²) in [6, 6.07) is 0.749. The van der Waals surface area contributed by atoms with Gasteiger partial charge in [0.25, 0.3) is 0 Å². The van der Waals surface area contributed by atoms with Crippen molar-refractivity contribution in [3.63, 3.8) is 0 Å². The monoisotopic (exact) mass is 226 g/mol. The van der Waals surface area contributed by atoms with Crippen LogP contribution in [0, 0.1) is 11.8 Å². The van der Waals surface area contributed by atoms with Crippen LogP contribution in [0.4, 0.5) is 0 Å². The first-order valence-electron chi connectivity index (χ1n) is 7.13. The molecule has 3 atom stereocenters. The van der Waals surface area contributed by atoms with Gasteiger partial charge in [-0.2, -0.15) is 0 Å². The summed E-state index contributed by atoms with van der Waals surface area (Å²) < 4.78 is 0. The fourth-order valence-corrected chi connectivity index (χ4v) is 2.52. The zero-order chi connectivity index (χ0) is 12.0. The first kappa shape index (κ1) is 14.0. The molecule has 16 heavy (non-hydrogen) atoms. The van der Waals surface area contributed by atoms with E-state index in [0.29, 0.717) is 0 Å². The van der Waals surface area contributed by atoms with Crippen LogP contribution in [0.15, 0.2) is 0 Å². The van der Waals surface area contributed by atoms with Gasteiger partial charge in [0.2, 0.25) is 0 Å².